The van der Waals surface area contributed by atoms with Crippen molar-refractivity contribution in [2.24, 2.45) is 5.92 Å². The average molecular weight is 454 g/mol. The molecule has 0 bridgehead atoms. The number of nitrogens with zero attached hydrogens (tertiary/aromatic N) is 4. The second-order valence-corrected chi connectivity index (χ2v) is 8.98. The third kappa shape index (κ3) is 6.56. The fraction of sp³-hybridized carbons (Fsp3) is 0.417. The van der Waals surface area contributed by atoms with E-state index < -0.39 is 0 Å². The molecule has 0 spiro atoms. The highest BCUT2D eigenvalue weighted by molar-refractivity contribution is 7.99. The van der Waals surface area contributed by atoms with E-state index in [2.05, 4.69) is 41.3 Å². The number of pyridine rings is 1. The number of carbonyl (C=O) groups is 1. The molecular formula is C24H31N5O2S. The lowest BCUT2D eigenvalue weighted by Gasteiger charge is -2.15. The Hall–Kier alpha value is -2.87. The summed E-state index contributed by atoms with van der Waals surface area (Å²) in [7, 11) is 0. The molecule has 3 rings (SSSR count). The van der Waals surface area contributed by atoms with Gasteiger partial charge in [0.2, 0.25) is 5.91 Å². The largest absolute Gasteiger partial charge is 0.494 e. The Balaban J connectivity index is 1.78. The molecule has 1 amide bonds. The molecule has 0 aliphatic carbocycles. The van der Waals surface area contributed by atoms with E-state index in [1.807, 2.05) is 47.9 Å². The molecule has 170 valence electrons. The second-order valence-electron chi connectivity index (χ2n) is 8.03. The van der Waals surface area contributed by atoms with E-state index >= 15 is 0 Å². The lowest BCUT2D eigenvalue weighted by molar-refractivity contribution is -0.119. The summed E-state index contributed by atoms with van der Waals surface area (Å²) in [5.41, 5.74) is 1.80. The smallest absolute Gasteiger partial charge is 0.230 e. The van der Waals surface area contributed by atoms with E-state index in [-0.39, 0.29) is 17.7 Å². The maximum Gasteiger partial charge on any atom is 0.230 e. The minimum absolute atomic E-state index is 0.00189. The Morgan fingerprint density at radius 3 is 2.44 bits per heavy atom. The molecule has 1 N–H and O–H groups in total. The van der Waals surface area contributed by atoms with E-state index in [0.29, 0.717) is 23.5 Å². The molecule has 1 atom stereocenters. The van der Waals surface area contributed by atoms with Gasteiger partial charge in [0.25, 0.3) is 0 Å². The topological polar surface area (TPSA) is 81.9 Å². The molecule has 1 aromatic carbocycles. The number of aromatic nitrogens is 4. The zero-order valence-electron chi connectivity index (χ0n) is 19.1. The van der Waals surface area contributed by atoms with E-state index in [9.17, 15) is 4.79 Å². The third-order valence-corrected chi connectivity index (χ3v) is 5.82. The van der Waals surface area contributed by atoms with E-state index in [4.69, 9.17) is 4.74 Å². The molecule has 0 saturated carbocycles. The van der Waals surface area contributed by atoms with Crippen molar-refractivity contribution in [2.45, 2.75) is 51.7 Å². The van der Waals surface area contributed by atoms with Gasteiger partial charge in [0, 0.05) is 29.7 Å². The fourth-order valence-corrected chi connectivity index (χ4v) is 4.01. The van der Waals surface area contributed by atoms with Crippen LogP contribution in [-0.2, 0) is 4.79 Å². The molecule has 0 aliphatic rings. The van der Waals surface area contributed by atoms with Crippen molar-refractivity contribution >= 4 is 17.7 Å². The molecule has 8 heteroatoms. The van der Waals surface area contributed by atoms with Crippen LogP contribution in [0.5, 0.6) is 5.75 Å². The Bertz CT molecular complexity index is 989. The number of ether oxygens (including phenoxy) is 1. The molecule has 32 heavy (non-hydrogen) atoms. The van der Waals surface area contributed by atoms with Gasteiger partial charge in [0.15, 0.2) is 11.0 Å². The van der Waals surface area contributed by atoms with Crippen molar-refractivity contribution in [1.82, 2.24) is 25.1 Å². The molecule has 2 heterocycles. The molecule has 0 fully saturated rings. The van der Waals surface area contributed by atoms with E-state index in [1.54, 1.807) is 12.4 Å². The molecule has 2 aromatic heterocycles. The first-order chi connectivity index (χ1) is 15.5. The van der Waals surface area contributed by atoms with Crippen LogP contribution in [-0.4, -0.2) is 44.1 Å². The molecule has 0 unspecified atom stereocenters. The number of carbonyl (C=O) groups excluding carboxylic acids is 1. The SMILES string of the molecule is CCOc1ccc(-n2c(SCC(=O)N[C@H](C)CCC(C)C)nnc2-c2ccncc2)cc1. The van der Waals surface area contributed by atoms with E-state index in [0.717, 1.165) is 29.8 Å². The molecule has 0 saturated heterocycles. The third-order valence-electron chi connectivity index (χ3n) is 4.89. The minimum atomic E-state index is -0.00189. The van der Waals surface area contributed by atoms with Gasteiger partial charge in [-0.25, -0.2) is 0 Å². The Morgan fingerprint density at radius 2 is 1.78 bits per heavy atom. The average Bonchev–Trinajstić information content (AvgIpc) is 3.21. The standard InChI is InChI=1S/C24H31N5O2S/c1-5-31-21-10-8-20(9-11-21)29-23(19-12-14-25-15-13-19)27-28-24(29)32-16-22(30)26-18(4)7-6-17(2)3/h8-15,17-18H,5-7,16H2,1-4H3,(H,26,30)/t18-/m1/s1. The van der Waals surface area contributed by atoms with Crippen LogP contribution in [0, 0.1) is 5.92 Å². The van der Waals surface area contributed by atoms with Crippen LogP contribution in [0.1, 0.15) is 40.5 Å². The van der Waals surface area contributed by atoms with Crippen LogP contribution >= 0.6 is 11.8 Å². The first-order valence-corrected chi connectivity index (χ1v) is 12.0. The first-order valence-electron chi connectivity index (χ1n) is 11.0. The summed E-state index contributed by atoms with van der Waals surface area (Å²) < 4.78 is 7.53. The maximum atomic E-state index is 12.5. The highest BCUT2D eigenvalue weighted by atomic mass is 32.2. The first kappa shape index (κ1) is 23.8. The van der Waals surface area contributed by atoms with Gasteiger partial charge in [-0.15, -0.1) is 10.2 Å². The van der Waals surface area contributed by atoms with Crippen LogP contribution in [0.2, 0.25) is 0 Å². The van der Waals surface area contributed by atoms with Crippen molar-refractivity contribution < 1.29 is 9.53 Å². The minimum Gasteiger partial charge on any atom is -0.494 e. The molecule has 0 radical (unpaired) electrons. The van der Waals surface area contributed by atoms with Crippen LogP contribution < -0.4 is 10.1 Å². The maximum absolute atomic E-state index is 12.5. The Morgan fingerprint density at radius 1 is 1.06 bits per heavy atom. The van der Waals surface area contributed by atoms with Gasteiger partial charge < -0.3 is 10.1 Å². The summed E-state index contributed by atoms with van der Waals surface area (Å²) in [5, 5.41) is 12.5. The molecule has 7 nitrogen and oxygen atoms in total. The number of rotatable bonds is 11. The second kappa shape index (κ2) is 11.7. The van der Waals surface area contributed by atoms with Crippen molar-refractivity contribution in [2.75, 3.05) is 12.4 Å². The number of amides is 1. The summed E-state index contributed by atoms with van der Waals surface area (Å²) in [4.78, 5) is 16.6. The van der Waals surface area contributed by atoms with Crippen molar-refractivity contribution in [3.8, 4) is 22.8 Å². The fourth-order valence-electron chi connectivity index (χ4n) is 3.24. The van der Waals surface area contributed by atoms with Crippen LogP contribution in [0.4, 0.5) is 0 Å². The van der Waals surface area contributed by atoms with Gasteiger partial charge in [0.1, 0.15) is 5.75 Å². The zero-order valence-corrected chi connectivity index (χ0v) is 19.9. The number of hydrogen-bond acceptors (Lipinski definition) is 6. The highest BCUT2D eigenvalue weighted by Crippen LogP contribution is 2.28. The Kier molecular flexibility index (Phi) is 8.67. The lowest BCUT2D eigenvalue weighted by atomic mass is 10.0. The van der Waals surface area contributed by atoms with Gasteiger partial charge in [-0.2, -0.15) is 0 Å². The van der Waals surface area contributed by atoms with Gasteiger partial charge in [0.05, 0.1) is 12.4 Å². The van der Waals surface area contributed by atoms with Crippen LogP contribution in [0.25, 0.3) is 17.1 Å². The number of nitrogens with one attached hydrogen (secondary N) is 1. The molecule has 0 aliphatic heterocycles. The van der Waals surface area contributed by atoms with Crippen LogP contribution in [0.15, 0.2) is 53.9 Å². The molecule has 3 aromatic rings. The zero-order chi connectivity index (χ0) is 22.9. The number of hydrogen-bond donors (Lipinski definition) is 1. The summed E-state index contributed by atoms with van der Waals surface area (Å²) in [6.45, 7) is 9.00. The predicted molar refractivity (Wildman–Crippen MR) is 128 cm³/mol. The Labute approximate surface area is 194 Å². The highest BCUT2D eigenvalue weighted by Gasteiger charge is 2.18. The number of benzene rings is 1. The van der Waals surface area contributed by atoms with Crippen molar-refractivity contribution in [3.05, 3.63) is 48.8 Å². The van der Waals surface area contributed by atoms with E-state index in [1.165, 1.54) is 11.8 Å². The van der Waals surface area contributed by atoms with Gasteiger partial charge in [-0.05, 0) is 69.0 Å². The van der Waals surface area contributed by atoms with Crippen molar-refractivity contribution in [3.63, 3.8) is 0 Å². The monoisotopic (exact) mass is 453 g/mol. The van der Waals surface area contributed by atoms with Crippen LogP contribution in [0.3, 0.4) is 0 Å². The molecular weight excluding hydrogens is 422 g/mol. The lowest BCUT2D eigenvalue weighted by Crippen LogP contribution is -2.34. The summed E-state index contributed by atoms with van der Waals surface area (Å²) in [5.74, 6) is 2.40. The predicted octanol–water partition coefficient (Wildman–Crippen LogP) is 4.76. The normalized spacial score (nSPS) is 12.0. The quantitative estimate of drug-likeness (QED) is 0.422. The van der Waals surface area contributed by atoms with Crippen molar-refractivity contribution in [1.29, 1.82) is 0 Å². The number of thioether (sulfide) groups is 1. The summed E-state index contributed by atoms with van der Waals surface area (Å²) in [6.07, 6.45) is 5.52. The van der Waals surface area contributed by atoms with Gasteiger partial charge in [-0.1, -0.05) is 25.6 Å². The van der Waals surface area contributed by atoms with Gasteiger partial charge >= 0.3 is 0 Å². The van der Waals surface area contributed by atoms with Gasteiger partial charge in [-0.3, -0.25) is 14.3 Å². The summed E-state index contributed by atoms with van der Waals surface area (Å²) in [6, 6.07) is 11.7. The summed E-state index contributed by atoms with van der Waals surface area (Å²) >= 11 is 1.38.